The van der Waals surface area contributed by atoms with E-state index < -0.39 is 0 Å². The van der Waals surface area contributed by atoms with Crippen LogP contribution in [-0.2, 0) is 14.3 Å². The van der Waals surface area contributed by atoms with Gasteiger partial charge in [0.15, 0.2) is 0 Å². The minimum Gasteiger partial charge on any atom is -0.469 e. The molecule has 7 nitrogen and oxygen atoms in total. The number of carbonyl (C=O) groups is 2. The van der Waals surface area contributed by atoms with E-state index in [0.29, 0.717) is 25.2 Å². The normalized spacial score (nSPS) is 12.1. The predicted octanol–water partition coefficient (Wildman–Crippen LogP) is 3.49. The third kappa shape index (κ3) is 6.67. The van der Waals surface area contributed by atoms with Crippen molar-refractivity contribution in [3.05, 3.63) is 58.7 Å². The molecule has 174 valence electrons. The Morgan fingerprint density at radius 1 is 1.18 bits per heavy atom. The van der Waals surface area contributed by atoms with Crippen molar-refractivity contribution < 1.29 is 14.3 Å². The van der Waals surface area contributed by atoms with Crippen LogP contribution in [0.5, 0.6) is 0 Å². The van der Waals surface area contributed by atoms with Gasteiger partial charge in [0, 0.05) is 28.4 Å². The first-order valence-corrected chi connectivity index (χ1v) is 10.9. The molecular weight excluding hydrogens is 416 g/mol. The molecule has 0 aliphatic carbocycles. The van der Waals surface area contributed by atoms with E-state index in [4.69, 9.17) is 15.9 Å². The van der Waals surface area contributed by atoms with Crippen molar-refractivity contribution in [2.24, 2.45) is 5.73 Å². The fourth-order valence-electron chi connectivity index (χ4n) is 3.78. The van der Waals surface area contributed by atoms with E-state index in [1.165, 1.54) is 7.11 Å². The van der Waals surface area contributed by atoms with Gasteiger partial charge in [0.1, 0.15) is 18.1 Å². The molecular formula is C26H33N4O3+. The summed E-state index contributed by atoms with van der Waals surface area (Å²) < 4.78 is 4.86. The van der Waals surface area contributed by atoms with Crippen molar-refractivity contribution >= 4 is 29.6 Å². The average Bonchev–Trinajstić information content (AvgIpc) is 2.81. The molecule has 1 unspecified atom stereocenters. The van der Waals surface area contributed by atoms with E-state index in [1.54, 1.807) is 12.1 Å². The largest absolute Gasteiger partial charge is 0.469 e. The van der Waals surface area contributed by atoms with Crippen molar-refractivity contribution in [1.82, 2.24) is 4.48 Å². The highest BCUT2D eigenvalue weighted by molar-refractivity contribution is 5.95. The molecule has 7 heteroatoms. The lowest BCUT2D eigenvalue weighted by atomic mass is 10.0. The standard InChI is InChI=1S/C26H33N4O3/c1-5-14-30(18-31,15-12-25(32)33-4)24-17-19(2)22(16-20(24)3)7-6-13-29-23-10-8-21(9-11-23)26(27)28/h8-11,16-18,29H,5,12-15H2,1-4H3,(H3,27,28)/q+1. The summed E-state index contributed by atoms with van der Waals surface area (Å²) >= 11 is 0. The SMILES string of the molecule is CCC[N+](C=O)(CCC(=O)OC)c1cc(C)c(C#CCNc2ccc(C(=N)N)cc2)cc1C. The molecule has 1 atom stereocenters. The maximum absolute atomic E-state index is 12.2. The summed E-state index contributed by atoms with van der Waals surface area (Å²) in [5.74, 6) is 6.06. The first-order valence-electron chi connectivity index (χ1n) is 10.9. The highest BCUT2D eigenvalue weighted by atomic mass is 16.5. The van der Waals surface area contributed by atoms with Crippen LogP contribution in [0, 0.1) is 31.1 Å². The molecule has 0 aromatic heterocycles. The number of amides is 1. The summed E-state index contributed by atoms with van der Waals surface area (Å²) in [6, 6.07) is 11.3. The molecule has 0 aliphatic rings. The zero-order chi connectivity index (χ0) is 24.4. The molecule has 0 radical (unpaired) electrons. The summed E-state index contributed by atoms with van der Waals surface area (Å²) in [6.07, 6.45) is 1.91. The number of anilines is 1. The Balaban J connectivity index is 2.20. The summed E-state index contributed by atoms with van der Waals surface area (Å²) in [6.45, 7) is 7.41. The van der Waals surface area contributed by atoms with Gasteiger partial charge < -0.3 is 15.8 Å². The van der Waals surface area contributed by atoms with Gasteiger partial charge in [0.2, 0.25) is 0 Å². The second kappa shape index (κ2) is 11.8. The number of nitrogens with two attached hydrogens (primary N) is 1. The molecule has 4 N–H and O–H groups in total. The van der Waals surface area contributed by atoms with Gasteiger partial charge >= 0.3 is 12.4 Å². The lowest BCUT2D eigenvalue weighted by Crippen LogP contribution is -2.50. The molecule has 0 saturated heterocycles. The van der Waals surface area contributed by atoms with Crippen molar-refractivity contribution in [1.29, 1.82) is 5.41 Å². The molecule has 0 heterocycles. The third-order valence-electron chi connectivity index (χ3n) is 5.59. The molecule has 33 heavy (non-hydrogen) atoms. The molecule has 2 aromatic rings. The Morgan fingerprint density at radius 2 is 1.88 bits per heavy atom. The number of nitrogens with one attached hydrogen (secondary N) is 2. The van der Waals surface area contributed by atoms with E-state index >= 15 is 0 Å². The van der Waals surface area contributed by atoms with Crippen LogP contribution >= 0.6 is 0 Å². The monoisotopic (exact) mass is 449 g/mol. The zero-order valence-electron chi connectivity index (χ0n) is 19.8. The van der Waals surface area contributed by atoms with Crippen LogP contribution in [0.1, 0.15) is 42.0 Å². The van der Waals surface area contributed by atoms with Crippen LogP contribution in [0.2, 0.25) is 0 Å². The summed E-state index contributed by atoms with van der Waals surface area (Å²) in [5.41, 5.74) is 10.8. The van der Waals surface area contributed by atoms with E-state index in [-0.39, 0.29) is 22.7 Å². The molecule has 0 fully saturated rings. The number of rotatable bonds is 10. The maximum Gasteiger partial charge on any atom is 0.311 e. The number of nitrogen functional groups attached to an aromatic ring is 1. The van der Waals surface area contributed by atoms with E-state index in [1.807, 2.05) is 45.0 Å². The number of nitrogens with zero attached hydrogens (tertiary/aromatic N) is 1. The lowest BCUT2D eigenvalue weighted by molar-refractivity contribution is -0.141. The van der Waals surface area contributed by atoms with Gasteiger partial charge in [-0.1, -0.05) is 18.8 Å². The quantitative estimate of drug-likeness (QED) is 0.129. The summed E-state index contributed by atoms with van der Waals surface area (Å²) in [5, 5.41) is 10.7. The number of hydrogen-bond acceptors (Lipinski definition) is 5. The fourth-order valence-corrected chi connectivity index (χ4v) is 3.78. The fraction of sp³-hybridized carbons (Fsp3) is 0.346. The zero-order valence-corrected chi connectivity index (χ0v) is 19.8. The van der Waals surface area contributed by atoms with Crippen LogP contribution < -0.4 is 15.5 Å². The van der Waals surface area contributed by atoms with Gasteiger partial charge in [-0.15, -0.1) is 0 Å². The van der Waals surface area contributed by atoms with E-state index in [0.717, 1.165) is 40.9 Å². The third-order valence-corrected chi connectivity index (χ3v) is 5.59. The van der Waals surface area contributed by atoms with Crippen LogP contribution in [0.3, 0.4) is 0 Å². The van der Waals surface area contributed by atoms with Gasteiger partial charge in [-0.2, -0.15) is 0 Å². The van der Waals surface area contributed by atoms with Gasteiger partial charge in [-0.05, 0) is 56.2 Å². The number of hydrogen-bond donors (Lipinski definition) is 3. The van der Waals surface area contributed by atoms with Crippen molar-refractivity contribution in [2.45, 2.75) is 33.6 Å². The number of amidine groups is 1. The van der Waals surface area contributed by atoms with Crippen molar-refractivity contribution in [2.75, 3.05) is 32.1 Å². The maximum atomic E-state index is 12.2. The highest BCUT2D eigenvalue weighted by Gasteiger charge is 2.32. The summed E-state index contributed by atoms with van der Waals surface area (Å²) in [7, 11) is 1.36. The Morgan fingerprint density at radius 3 is 2.45 bits per heavy atom. The number of benzene rings is 2. The van der Waals surface area contributed by atoms with Crippen LogP contribution in [-0.4, -0.2) is 45.0 Å². The number of esters is 1. The van der Waals surface area contributed by atoms with Crippen LogP contribution in [0.25, 0.3) is 0 Å². The number of quaternary nitrogens is 1. The molecule has 0 bridgehead atoms. The van der Waals surface area contributed by atoms with E-state index in [9.17, 15) is 9.59 Å². The number of aryl methyl sites for hydroxylation is 2. The predicted molar refractivity (Wildman–Crippen MR) is 133 cm³/mol. The number of ether oxygens (including phenoxy) is 1. The van der Waals surface area contributed by atoms with Crippen molar-refractivity contribution in [3.63, 3.8) is 0 Å². The Hall–Kier alpha value is -3.63. The second-order valence-corrected chi connectivity index (χ2v) is 8.01. The Labute approximate surface area is 196 Å². The first kappa shape index (κ1) is 25.6. The molecule has 1 amide bonds. The highest BCUT2D eigenvalue weighted by Crippen LogP contribution is 2.30. The van der Waals surface area contributed by atoms with Gasteiger partial charge in [-0.3, -0.25) is 10.2 Å². The minimum absolute atomic E-state index is 0.0390. The van der Waals surface area contributed by atoms with E-state index in [2.05, 4.69) is 17.2 Å². The molecule has 0 spiro atoms. The number of methoxy groups -OCH3 is 1. The van der Waals surface area contributed by atoms with Gasteiger partial charge in [0.25, 0.3) is 0 Å². The summed E-state index contributed by atoms with van der Waals surface area (Å²) in [4.78, 5) is 24.0. The Kier molecular flexibility index (Phi) is 9.19. The Bertz CT molecular complexity index is 1070. The topological polar surface area (TPSA) is 105 Å². The van der Waals surface area contributed by atoms with Crippen molar-refractivity contribution in [3.8, 4) is 11.8 Å². The number of carbonyl (C=O) groups excluding carboxylic acids is 2. The first-order chi connectivity index (χ1) is 15.8. The molecule has 0 saturated carbocycles. The molecule has 2 aromatic carbocycles. The smallest absolute Gasteiger partial charge is 0.311 e. The second-order valence-electron chi connectivity index (χ2n) is 8.01. The minimum atomic E-state index is -0.323. The van der Waals surface area contributed by atoms with Gasteiger partial charge in [-0.25, -0.2) is 9.28 Å². The van der Waals surface area contributed by atoms with Crippen LogP contribution in [0.15, 0.2) is 36.4 Å². The van der Waals surface area contributed by atoms with Gasteiger partial charge in [0.05, 0.1) is 26.6 Å². The lowest BCUT2D eigenvalue weighted by Gasteiger charge is -2.32. The molecule has 2 rings (SSSR count). The van der Waals surface area contributed by atoms with Crippen LogP contribution in [0.4, 0.5) is 11.4 Å². The average molecular weight is 450 g/mol. The molecule has 0 aliphatic heterocycles.